The zero-order chi connectivity index (χ0) is 15.1. The summed E-state index contributed by atoms with van der Waals surface area (Å²) in [6.45, 7) is 0.385. The summed E-state index contributed by atoms with van der Waals surface area (Å²) < 4.78 is 5.40. The van der Waals surface area contributed by atoms with Crippen LogP contribution in [0.15, 0.2) is 48.5 Å². The normalized spacial score (nSPS) is 10.1. The number of ether oxygens (including phenoxy) is 1. The summed E-state index contributed by atoms with van der Waals surface area (Å²) >= 11 is 5.88. The van der Waals surface area contributed by atoms with Gasteiger partial charge in [-0.25, -0.2) is 4.79 Å². The lowest BCUT2D eigenvalue weighted by atomic mass is 10.2. The highest BCUT2D eigenvalue weighted by Gasteiger charge is 2.15. The van der Waals surface area contributed by atoms with E-state index in [1.165, 1.54) is 18.2 Å². The summed E-state index contributed by atoms with van der Waals surface area (Å²) in [5, 5.41) is 9.19. The Kier molecular flexibility index (Phi) is 5.43. The highest BCUT2D eigenvalue weighted by atomic mass is 35.5. The maximum Gasteiger partial charge on any atom is 0.339 e. The van der Waals surface area contributed by atoms with Gasteiger partial charge in [0, 0.05) is 0 Å². The molecule has 0 aliphatic heterocycles. The van der Waals surface area contributed by atoms with Gasteiger partial charge in [0.1, 0.15) is 24.5 Å². The molecule has 0 aliphatic carbocycles. The highest BCUT2D eigenvalue weighted by molar-refractivity contribution is 6.32. The number of para-hydroxylation sites is 2. The number of carboxylic acid groups (broad SMARTS) is 1. The average molecular weight is 309 g/mol. The van der Waals surface area contributed by atoms with Gasteiger partial charge in [-0.1, -0.05) is 35.9 Å². The average Bonchev–Trinajstić information content (AvgIpc) is 2.49. The standard InChI is InChI=1S/C15H13ClO5/c16-13-8-4-7-12(15(17)18)14(13)21-20-10-9-19-11-5-2-1-3-6-11/h1-8H,9-10H2,(H,17,18). The highest BCUT2D eigenvalue weighted by Crippen LogP contribution is 2.28. The van der Waals surface area contributed by atoms with E-state index in [0.29, 0.717) is 5.75 Å². The topological polar surface area (TPSA) is 65.0 Å². The Labute approximate surface area is 126 Å². The van der Waals surface area contributed by atoms with E-state index in [0.717, 1.165) is 0 Å². The van der Waals surface area contributed by atoms with Crippen LogP contribution >= 0.6 is 11.6 Å². The largest absolute Gasteiger partial charge is 0.491 e. The second kappa shape index (κ2) is 7.52. The zero-order valence-corrected chi connectivity index (χ0v) is 11.7. The quantitative estimate of drug-likeness (QED) is 0.482. The Morgan fingerprint density at radius 3 is 2.52 bits per heavy atom. The van der Waals surface area contributed by atoms with Crippen molar-refractivity contribution in [3.05, 3.63) is 59.1 Å². The third-order valence-electron chi connectivity index (χ3n) is 2.52. The minimum Gasteiger partial charge on any atom is -0.491 e. The number of halogens is 1. The van der Waals surface area contributed by atoms with Crippen molar-refractivity contribution in [1.82, 2.24) is 0 Å². The van der Waals surface area contributed by atoms with E-state index in [1.54, 1.807) is 0 Å². The number of carbonyl (C=O) groups is 1. The van der Waals surface area contributed by atoms with E-state index in [1.807, 2.05) is 30.3 Å². The van der Waals surface area contributed by atoms with Crippen molar-refractivity contribution >= 4 is 17.6 Å². The van der Waals surface area contributed by atoms with Crippen LogP contribution in [0.2, 0.25) is 5.02 Å². The Balaban J connectivity index is 1.83. The fourth-order valence-corrected chi connectivity index (χ4v) is 1.78. The molecule has 0 aromatic heterocycles. The number of carboxylic acids is 1. The number of rotatable bonds is 7. The van der Waals surface area contributed by atoms with Crippen molar-refractivity contribution in [3.63, 3.8) is 0 Å². The second-order valence-corrected chi connectivity index (χ2v) is 4.40. The fourth-order valence-electron chi connectivity index (χ4n) is 1.57. The van der Waals surface area contributed by atoms with Crippen molar-refractivity contribution in [2.75, 3.05) is 13.2 Å². The van der Waals surface area contributed by atoms with E-state index < -0.39 is 5.97 Å². The monoisotopic (exact) mass is 308 g/mol. The van der Waals surface area contributed by atoms with Crippen molar-refractivity contribution < 1.29 is 24.4 Å². The van der Waals surface area contributed by atoms with Crippen molar-refractivity contribution in [2.24, 2.45) is 0 Å². The second-order valence-electron chi connectivity index (χ2n) is 3.99. The lowest BCUT2D eigenvalue weighted by Crippen LogP contribution is -2.11. The van der Waals surface area contributed by atoms with Gasteiger partial charge in [0.2, 0.25) is 0 Å². The van der Waals surface area contributed by atoms with Crippen molar-refractivity contribution in [1.29, 1.82) is 0 Å². The van der Waals surface area contributed by atoms with Gasteiger partial charge in [-0.2, -0.15) is 4.89 Å². The molecular weight excluding hydrogens is 296 g/mol. The van der Waals surface area contributed by atoms with Crippen molar-refractivity contribution in [3.8, 4) is 11.5 Å². The molecule has 0 atom stereocenters. The molecule has 6 heteroatoms. The van der Waals surface area contributed by atoms with Crippen LogP contribution in [-0.4, -0.2) is 24.3 Å². The Morgan fingerprint density at radius 2 is 1.81 bits per heavy atom. The van der Waals surface area contributed by atoms with E-state index in [9.17, 15) is 4.79 Å². The van der Waals surface area contributed by atoms with Crippen LogP contribution < -0.4 is 9.62 Å². The lowest BCUT2D eigenvalue weighted by Gasteiger charge is -2.10. The molecule has 0 bridgehead atoms. The fraction of sp³-hybridized carbons (Fsp3) is 0.133. The van der Waals surface area contributed by atoms with Crippen LogP contribution in [0.4, 0.5) is 0 Å². The molecule has 2 aromatic carbocycles. The molecule has 0 spiro atoms. The molecule has 110 valence electrons. The molecule has 21 heavy (non-hydrogen) atoms. The van der Waals surface area contributed by atoms with Gasteiger partial charge < -0.3 is 14.7 Å². The van der Waals surface area contributed by atoms with E-state index in [-0.39, 0.29) is 29.5 Å². The Bertz CT molecular complexity index is 600. The van der Waals surface area contributed by atoms with E-state index in [2.05, 4.69) is 0 Å². The molecule has 0 aliphatic rings. The van der Waals surface area contributed by atoms with Crippen LogP contribution in [0.3, 0.4) is 0 Å². The maximum absolute atomic E-state index is 11.0. The maximum atomic E-state index is 11.0. The predicted octanol–water partition coefficient (Wildman–Crippen LogP) is 3.43. The van der Waals surface area contributed by atoms with Gasteiger partial charge in [-0.15, -0.1) is 0 Å². The molecule has 0 saturated heterocycles. The number of aromatic carboxylic acids is 1. The summed E-state index contributed by atoms with van der Waals surface area (Å²) in [4.78, 5) is 20.9. The lowest BCUT2D eigenvalue weighted by molar-refractivity contribution is -0.210. The zero-order valence-electron chi connectivity index (χ0n) is 11.0. The molecule has 0 saturated carbocycles. The molecular formula is C15H13ClO5. The number of hydrogen-bond donors (Lipinski definition) is 1. The first-order valence-electron chi connectivity index (χ1n) is 6.17. The van der Waals surface area contributed by atoms with Crippen LogP contribution in [0, 0.1) is 0 Å². The summed E-state index contributed by atoms with van der Waals surface area (Å²) in [6, 6.07) is 13.7. The van der Waals surface area contributed by atoms with E-state index in [4.69, 9.17) is 31.2 Å². The number of hydrogen-bond acceptors (Lipinski definition) is 4. The van der Waals surface area contributed by atoms with Gasteiger partial charge in [0.15, 0.2) is 5.75 Å². The molecule has 2 rings (SSSR count). The van der Waals surface area contributed by atoms with Crippen LogP contribution in [0.5, 0.6) is 11.5 Å². The predicted molar refractivity (Wildman–Crippen MR) is 76.9 cm³/mol. The minimum absolute atomic E-state index is 0.0219. The third-order valence-corrected chi connectivity index (χ3v) is 2.82. The van der Waals surface area contributed by atoms with Crippen LogP contribution in [-0.2, 0) is 4.89 Å². The van der Waals surface area contributed by atoms with Crippen molar-refractivity contribution in [2.45, 2.75) is 0 Å². The first-order chi connectivity index (χ1) is 10.2. The Morgan fingerprint density at radius 1 is 1.05 bits per heavy atom. The summed E-state index contributed by atoms with van der Waals surface area (Å²) in [5.41, 5.74) is -0.0634. The minimum atomic E-state index is -1.14. The Hall–Kier alpha value is -2.24. The van der Waals surface area contributed by atoms with Gasteiger partial charge in [0.05, 0.1) is 5.02 Å². The van der Waals surface area contributed by atoms with Crippen LogP contribution in [0.25, 0.3) is 0 Å². The van der Waals surface area contributed by atoms with Gasteiger partial charge >= 0.3 is 5.97 Å². The molecule has 1 N–H and O–H groups in total. The molecule has 0 amide bonds. The molecule has 0 heterocycles. The summed E-state index contributed by atoms with van der Waals surface area (Å²) in [5.74, 6) is -0.451. The third kappa shape index (κ3) is 4.37. The first kappa shape index (κ1) is 15.2. The van der Waals surface area contributed by atoms with Gasteiger partial charge in [-0.05, 0) is 24.3 Å². The molecule has 5 nitrogen and oxygen atoms in total. The summed E-state index contributed by atoms with van der Waals surface area (Å²) in [6.07, 6.45) is 0. The molecule has 0 radical (unpaired) electrons. The smallest absolute Gasteiger partial charge is 0.339 e. The SMILES string of the molecule is O=C(O)c1cccc(Cl)c1OOCCOc1ccccc1. The molecule has 0 unspecified atom stereocenters. The van der Waals surface area contributed by atoms with E-state index >= 15 is 0 Å². The number of benzene rings is 2. The van der Waals surface area contributed by atoms with Gasteiger partial charge in [-0.3, -0.25) is 0 Å². The van der Waals surface area contributed by atoms with Gasteiger partial charge in [0.25, 0.3) is 0 Å². The van der Waals surface area contributed by atoms with Crippen LogP contribution in [0.1, 0.15) is 10.4 Å². The molecule has 2 aromatic rings. The molecule has 0 fully saturated rings. The first-order valence-corrected chi connectivity index (χ1v) is 6.55. The summed E-state index contributed by atoms with van der Waals surface area (Å²) in [7, 11) is 0.